The summed E-state index contributed by atoms with van der Waals surface area (Å²) < 4.78 is 27.8. The van der Waals surface area contributed by atoms with Crippen molar-refractivity contribution in [2.45, 2.75) is 57.6 Å². The van der Waals surface area contributed by atoms with Crippen molar-refractivity contribution < 1.29 is 13.5 Å². The third-order valence-corrected chi connectivity index (χ3v) is 4.87. The highest BCUT2D eigenvalue weighted by Crippen LogP contribution is 2.19. The van der Waals surface area contributed by atoms with Crippen molar-refractivity contribution in [1.82, 2.24) is 9.03 Å². The molecule has 2 N–H and O–H groups in total. The van der Waals surface area contributed by atoms with Gasteiger partial charge in [0, 0.05) is 19.6 Å². The quantitative estimate of drug-likeness (QED) is 0.747. The molecule has 0 aliphatic heterocycles. The van der Waals surface area contributed by atoms with Crippen LogP contribution < -0.4 is 4.72 Å². The largest absolute Gasteiger partial charge is 0.391 e. The van der Waals surface area contributed by atoms with Crippen LogP contribution in [0, 0.1) is 0 Å². The number of nitrogens with one attached hydrogen (secondary N) is 1. The summed E-state index contributed by atoms with van der Waals surface area (Å²) in [6.07, 6.45) is 4.64. The maximum absolute atomic E-state index is 12.0. The highest BCUT2D eigenvalue weighted by Gasteiger charge is 2.28. The Kier molecular flexibility index (Phi) is 5.85. The molecule has 0 amide bonds. The van der Waals surface area contributed by atoms with Crippen molar-refractivity contribution in [2.75, 3.05) is 13.6 Å². The number of nitrogens with zero attached hydrogens (tertiary/aromatic N) is 1. The van der Waals surface area contributed by atoms with Gasteiger partial charge in [-0.25, -0.2) is 0 Å². The van der Waals surface area contributed by atoms with Crippen LogP contribution in [0.15, 0.2) is 0 Å². The van der Waals surface area contributed by atoms with Gasteiger partial charge in [-0.1, -0.05) is 26.2 Å². The van der Waals surface area contributed by atoms with Gasteiger partial charge < -0.3 is 5.11 Å². The minimum atomic E-state index is -3.44. The van der Waals surface area contributed by atoms with Gasteiger partial charge in [0.1, 0.15) is 0 Å². The van der Waals surface area contributed by atoms with Gasteiger partial charge in [-0.2, -0.15) is 17.4 Å². The fourth-order valence-corrected chi connectivity index (χ4v) is 3.24. The summed E-state index contributed by atoms with van der Waals surface area (Å²) in [4.78, 5) is 0. The molecule has 17 heavy (non-hydrogen) atoms. The molecule has 0 aromatic heterocycles. The second-order valence-electron chi connectivity index (χ2n) is 4.76. The van der Waals surface area contributed by atoms with E-state index in [0.29, 0.717) is 13.0 Å². The number of unbranched alkanes of at least 4 members (excludes halogenated alkanes) is 1. The van der Waals surface area contributed by atoms with Crippen LogP contribution in [0.2, 0.25) is 0 Å². The molecule has 0 aromatic rings. The highest BCUT2D eigenvalue weighted by molar-refractivity contribution is 7.87. The third-order valence-electron chi connectivity index (χ3n) is 3.27. The van der Waals surface area contributed by atoms with Crippen LogP contribution >= 0.6 is 0 Å². The molecule has 0 bridgehead atoms. The third kappa shape index (κ3) is 4.54. The van der Waals surface area contributed by atoms with E-state index in [-0.39, 0.29) is 6.04 Å². The van der Waals surface area contributed by atoms with Gasteiger partial charge in [-0.3, -0.25) is 0 Å². The monoisotopic (exact) mass is 264 g/mol. The van der Waals surface area contributed by atoms with Crippen LogP contribution in [-0.4, -0.2) is 43.6 Å². The molecule has 1 rings (SSSR count). The summed E-state index contributed by atoms with van der Waals surface area (Å²) in [7, 11) is -1.87. The van der Waals surface area contributed by atoms with Crippen LogP contribution in [-0.2, 0) is 10.2 Å². The second-order valence-corrected chi connectivity index (χ2v) is 6.57. The number of aliphatic hydroxyl groups is 1. The van der Waals surface area contributed by atoms with Gasteiger partial charge >= 0.3 is 0 Å². The topological polar surface area (TPSA) is 69.6 Å². The van der Waals surface area contributed by atoms with Gasteiger partial charge in [-0.15, -0.1) is 0 Å². The molecule has 1 aliphatic carbocycles. The number of hydrogen-bond donors (Lipinski definition) is 2. The van der Waals surface area contributed by atoms with E-state index in [9.17, 15) is 13.5 Å². The van der Waals surface area contributed by atoms with E-state index < -0.39 is 16.3 Å². The van der Waals surface area contributed by atoms with Crippen LogP contribution in [0.1, 0.15) is 45.4 Å². The van der Waals surface area contributed by atoms with Crippen LogP contribution in [0.4, 0.5) is 0 Å². The SMILES string of the molecule is CCCCN(C)S(=O)(=O)N[C@@H]1CCCC[C@H]1O. The van der Waals surface area contributed by atoms with Gasteiger partial charge in [0.05, 0.1) is 6.10 Å². The molecule has 6 heteroatoms. The zero-order chi connectivity index (χ0) is 12.9. The first-order valence-electron chi connectivity index (χ1n) is 6.39. The van der Waals surface area contributed by atoms with Gasteiger partial charge in [0.15, 0.2) is 0 Å². The first kappa shape index (κ1) is 14.9. The molecule has 0 unspecified atom stereocenters. The van der Waals surface area contributed by atoms with E-state index in [1.165, 1.54) is 4.31 Å². The summed E-state index contributed by atoms with van der Waals surface area (Å²) in [6, 6.07) is -0.321. The summed E-state index contributed by atoms with van der Waals surface area (Å²) in [5.74, 6) is 0. The molecule has 0 radical (unpaired) electrons. The predicted octanol–water partition coefficient (Wildman–Crippen LogP) is 0.856. The molecule has 5 nitrogen and oxygen atoms in total. The normalized spacial score (nSPS) is 26.4. The van der Waals surface area contributed by atoms with E-state index in [1.807, 2.05) is 6.92 Å². The summed E-state index contributed by atoms with van der Waals surface area (Å²) in [5, 5.41) is 9.74. The van der Waals surface area contributed by atoms with Gasteiger partial charge in [-0.05, 0) is 19.3 Å². The lowest BCUT2D eigenvalue weighted by molar-refractivity contribution is 0.100. The minimum Gasteiger partial charge on any atom is -0.391 e. The molecule has 0 spiro atoms. The fraction of sp³-hybridized carbons (Fsp3) is 1.00. The van der Waals surface area contributed by atoms with Crippen molar-refractivity contribution in [3.63, 3.8) is 0 Å². The summed E-state index contributed by atoms with van der Waals surface area (Å²) in [5.41, 5.74) is 0. The number of hydrogen-bond acceptors (Lipinski definition) is 3. The van der Waals surface area contributed by atoms with E-state index in [1.54, 1.807) is 7.05 Å². The van der Waals surface area contributed by atoms with Crippen molar-refractivity contribution >= 4 is 10.2 Å². The standard InChI is InChI=1S/C11H24N2O3S/c1-3-4-9-13(2)17(15,16)12-10-7-5-6-8-11(10)14/h10-12,14H,3-9H2,1-2H3/t10-,11-/m1/s1. The van der Waals surface area contributed by atoms with Crippen molar-refractivity contribution in [3.05, 3.63) is 0 Å². The number of aliphatic hydroxyl groups excluding tert-OH is 1. The zero-order valence-corrected chi connectivity index (χ0v) is 11.5. The van der Waals surface area contributed by atoms with Crippen LogP contribution in [0.25, 0.3) is 0 Å². The maximum atomic E-state index is 12.0. The number of rotatable bonds is 6. The Morgan fingerprint density at radius 2 is 2.00 bits per heavy atom. The Hall–Kier alpha value is -0.170. The lowest BCUT2D eigenvalue weighted by Crippen LogP contribution is -2.49. The Morgan fingerprint density at radius 1 is 1.35 bits per heavy atom. The molecule has 1 saturated carbocycles. The Morgan fingerprint density at radius 3 is 2.59 bits per heavy atom. The lowest BCUT2D eigenvalue weighted by atomic mass is 9.93. The van der Waals surface area contributed by atoms with Gasteiger partial charge in [0.2, 0.25) is 0 Å². The summed E-state index contributed by atoms with van der Waals surface area (Å²) >= 11 is 0. The van der Waals surface area contributed by atoms with Gasteiger partial charge in [0.25, 0.3) is 10.2 Å². The van der Waals surface area contributed by atoms with Crippen molar-refractivity contribution in [1.29, 1.82) is 0 Å². The van der Waals surface area contributed by atoms with Crippen LogP contribution in [0.5, 0.6) is 0 Å². The first-order valence-corrected chi connectivity index (χ1v) is 7.83. The van der Waals surface area contributed by atoms with E-state index >= 15 is 0 Å². The Labute approximate surface area is 104 Å². The lowest BCUT2D eigenvalue weighted by Gasteiger charge is -2.29. The second kappa shape index (κ2) is 6.68. The maximum Gasteiger partial charge on any atom is 0.279 e. The van der Waals surface area contributed by atoms with Crippen molar-refractivity contribution in [3.8, 4) is 0 Å². The van der Waals surface area contributed by atoms with E-state index in [2.05, 4.69) is 4.72 Å². The molecule has 0 heterocycles. The average Bonchev–Trinajstić information content (AvgIpc) is 2.28. The molecule has 0 aromatic carbocycles. The molecule has 2 atom stereocenters. The Balaban J connectivity index is 2.52. The van der Waals surface area contributed by atoms with E-state index in [4.69, 9.17) is 0 Å². The molecule has 1 aliphatic rings. The first-order chi connectivity index (χ1) is 7.97. The summed E-state index contributed by atoms with van der Waals surface area (Å²) in [6.45, 7) is 2.55. The predicted molar refractivity (Wildman–Crippen MR) is 67.9 cm³/mol. The zero-order valence-electron chi connectivity index (χ0n) is 10.7. The van der Waals surface area contributed by atoms with E-state index in [0.717, 1.165) is 32.1 Å². The smallest absolute Gasteiger partial charge is 0.279 e. The molecular formula is C11H24N2O3S. The fourth-order valence-electron chi connectivity index (χ4n) is 2.03. The minimum absolute atomic E-state index is 0.321. The Bertz CT molecular complexity index is 319. The molecule has 1 fully saturated rings. The average molecular weight is 264 g/mol. The van der Waals surface area contributed by atoms with Crippen LogP contribution in [0.3, 0.4) is 0 Å². The molecule has 102 valence electrons. The molecular weight excluding hydrogens is 240 g/mol. The highest BCUT2D eigenvalue weighted by atomic mass is 32.2. The molecule has 0 saturated heterocycles. The van der Waals surface area contributed by atoms with Crippen molar-refractivity contribution in [2.24, 2.45) is 0 Å².